The van der Waals surface area contributed by atoms with Gasteiger partial charge < -0.3 is 19.6 Å². The fraction of sp³-hybridized carbons (Fsp3) is 0.567. The molecule has 1 aromatic carbocycles. The molecule has 3 heterocycles. The lowest BCUT2D eigenvalue weighted by molar-refractivity contribution is -0.156. The number of likely N-dealkylation sites (tertiary alicyclic amines) is 1. The topological polar surface area (TPSA) is 87.1 Å². The Balaban J connectivity index is 1.77. The number of thioether (sulfide) groups is 1. The standard InChI is InChI=1S/C30H40N2O5S/c1-6-8-17-37-28(36)24-23-26(34)32(22(19-33)20(3)4)25(30(23)15-14-29(24,5)38-30)27(35)31(16-7-2)18-21-12-10-9-11-13-21/h6-7,9-13,20,22-25,33H,1-2,8,14-19H2,3-5H3/t22-,23-,24-,25?,29+,30?/m0/s1. The van der Waals surface area contributed by atoms with Crippen LogP contribution in [0.3, 0.4) is 0 Å². The summed E-state index contributed by atoms with van der Waals surface area (Å²) >= 11 is 1.61. The van der Waals surface area contributed by atoms with E-state index in [1.807, 2.05) is 51.1 Å². The van der Waals surface area contributed by atoms with E-state index in [1.54, 1.807) is 33.7 Å². The molecule has 2 bridgehead atoms. The molecule has 2 amide bonds. The van der Waals surface area contributed by atoms with Gasteiger partial charge in [-0.05, 0) is 37.7 Å². The Morgan fingerprint density at radius 2 is 1.95 bits per heavy atom. The second-order valence-electron chi connectivity index (χ2n) is 11.2. The molecule has 2 unspecified atom stereocenters. The molecule has 1 spiro atoms. The molecule has 7 nitrogen and oxygen atoms in total. The summed E-state index contributed by atoms with van der Waals surface area (Å²) in [6, 6.07) is 8.41. The molecule has 3 fully saturated rings. The zero-order chi connectivity index (χ0) is 27.7. The van der Waals surface area contributed by atoms with E-state index in [0.29, 0.717) is 32.4 Å². The summed E-state index contributed by atoms with van der Waals surface area (Å²) in [4.78, 5) is 45.6. The van der Waals surface area contributed by atoms with E-state index in [1.165, 1.54) is 0 Å². The highest BCUT2D eigenvalue weighted by Gasteiger charge is 2.78. The second-order valence-corrected chi connectivity index (χ2v) is 13.1. The fourth-order valence-corrected chi connectivity index (χ4v) is 9.00. The summed E-state index contributed by atoms with van der Waals surface area (Å²) in [5.74, 6) is -2.17. The van der Waals surface area contributed by atoms with Crippen molar-refractivity contribution in [2.45, 2.75) is 68.2 Å². The zero-order valence-electron chi connectivity index (χ0n) is 22.7. The summed E-state index contributed by atoms with van der Waals surface area (Å²) in [6.07, 6.45) is 5.29. The summed E-state index contributed by atoms with van der Waals surface area (Å²) < 4.78 is 4.36. The van der Waals surface area contributed by atoms with Gasteiger partial charge in [-0.25, -0.2) is 0 Å². The molecule has 38 heavy (non-hydrogen) atoms. The Morgan fingerprint density at radius 1 is 1.24 bits per heavy atom. The number of aliphatic hydroxyl groups excluding tert-OH is 1. The molecule has 1 aromatic rings. The summed E-state index contributed by atoms with van der Waals surface area (Å²) in [5, 5.41) is 10.4. The highest BCUT2D eigenvalue weighted by molar-refractivity contribution is 8.02. The predicted molar refractivity (Wildman–Crippen MR) is 149 cm³/mol. The largest absolute Gasteiger partial charge is 0.465 e. The maximum absolute atomic E-state index is 14.5. The van der Waals surface area contributed by atoms with Gasteiger partial charge in [0.2, 0.25) is 11.8 Å². The van der Waals surface area contributed by atoms with Crippen molar-refractivity contribution in [3.8, 4) is 0 Å². The number of hydrogen-bond acceptors (Lipinski definition) is 6. The van der Waals surface area contributed by atoms with Crippen molar-refractivity contribution in [2.75, 3.05) is 19.8 Å². The van der Waals surface area contributed by atoms with Crippen LogP contribution in [-0.4, -0.2) is 74.0 Å². The van der Waals surface area contributed by atoms with Crippen LogP contribution in [0.1, 0.15) is 45.6 Å². The van der Waals surface area contributed by atoms with E-state index in [9.17, 15) is 19.5 Å². The third-order valence-electron chi connectivity index (χ3n) is 8.46. The molecular formula is C30H40N2O5S. The number of amides is 2. The monoisotopic (exact) mass is 540 g/mol. The summed E-state index contributed by atoms with van der Waals surface area (Å²) in [6.45, 7) is 14.1. The van der Waals surface area contributed by atoms with Crippen molar-refractivity contribution in [1.29, 1.82) is 0 Å². The molecule has 3 aliphatic rings. The quantitative estimate of drug-likeness (QED) is 0.246. The predicted octanol–water partition coefficient (Wildman–Crippen LogP) is 3.82. The first-order chi connectivity index (χ1) is 18.1. The van der Waals surface area contributed by atoms with Gasteiger partial charge in [-0.3, -0.25) is 14.4 Å². The van der Waals surface area contributed by atoms with E-state index >= 15 is 0 Å². The molecule has 3 saturated heterocycles. The normalized spacial score (nSPS) is 30.3. The van der Waals surface area contributed by atoms with Crippen LogP contribution >= 0.6 is 11.8 Å². The second kappa shape index (κ2) is 11.3. The number of carbonyl (C=O) groups excluding carboxylic acids is 3. The molecule has 0 radical (unpaired) electrons. The van der Waals surface area contributed by atoms with Crippen LogP contribution in [0.4, 0.5) is 0 Å². The van der Waals surface area contributed by atoms with Crippen molar-refractivity contribution < 1.29 is 24.2 Å². The fourth-order valence-electron chi connectivity index (χ4n) is 6.68. The van der Waals surface area contributed by atoms with Gasteiger partial charge in [-0.2, -0.15) is 0 Å². The van der Waals surface area contributed by atoms with Crippen molar-refractivity contribution in [3.63, 3.8) is 0 Å². The number of benzene rings is 1. The van der Waals surface area contributed by atoms with E-state index < -0.39 is 33.4 Å². The van der Waals surface area contributed by atoms with Crippen LogP contribution in [0.5, 0.6) is 0 Å². The highest BCUT2D eigenvalue weighted by atomic mass is 32.2. The van der Waals surface area contributed by atoms with Gasteiger partial charge in [0.15, 0.2) is 0 Å². The van der Waals surface area contributed by atoms with E-state index in [-0.39, 0.29) is 36.9 Å². The minimum atomic E-state index is -0.791. The van der Waals surface area contributed by atoms with Crippen LogP contribution < -0.4 is 0 Å². The first-order valence-corrected chi connectivity index (χ1v) is 14.3. The number of ether oxygens (including phenoxy) is 1. The third kappa shape index (κ3) is 4.70. The first kappa shape index (κ1) is 28.4. The molecule has 3 aliphatic heterocycles. The van der Waals surface area contributed by atoms with Crippen molar-refractivity contribution in [1.82, 2.24) is 9.80 Å². The van der Waals surface area contributed by atoms with E-state index in [2.05, 4.69) is 13.2 Å². The average Bonchev–Trinajstić information content (AvgIpc) is 3.45. The van der Waals surface area contributed by atoms with Crippen LogP contribution in [0.15, 0.2) is 55.6 Å². The molecule has 1 N–H and O–H groups in total. The summed E-state index contributed by atoms with van der Waals surface area (Å²) in [7, 11) is 0. The molecule has 0 saturated carbocycles. The van der Waals surface area contributed by atoms with Crippen molar-refractivity contribution >= 4 is 29.5 Å². The minimum Gasteiger partial charge on any atom is -0.465 e. The SMILES string of the molecule is C=CCCOC(=O)[C@@H]1[C@H]2C(=O)N([C@@H](CO)C(C)C)C(C(=O)N(CC=C)Cc3ccccc3)C23CC[C@@]1(C)S3. The van der Waals surface area contributed by atoms with Crippen LogP contribution in [0.25, 0.3) is 0 Å². The molecule has 206 valence electrons. The number of hydrogen-bond donors (Lipinski definition) is 1. The van der Waals surface area contributed by atoms with Gasteiger partial charge in [0, 0.05) is 17.8 Å². The Bertz CT molecular complexity index is 1080. The van der Waals surface area contributed by atoms with Gasteiger partial charge in [0.05, 0.1) is 35.8 Å². The number of rotatable bonds is 12. The Hall–Kier alpha value is -2.58. The molecular weight excluding hydrogens is 500 g/mol. The lowest BCUT2D eigenvalue weighted by Crippen LogP contribution is -2.58. The Morgan fingerprint density at radius 3 is 2.55 bits per heavy atom. The average molecular weight is 541 g/mol. The summed E-state index contributed by atoms with van der Waals surface area (Å²) in [5.41, 5.74) is 0.981. The number of esters is 1. The molecule has 0 aliphatic carbocycles. The molecule has 8 heteroatoms. The van der Waals surface area contributed by atoms with Crippen LogP contribution in [0.2, 0.25) is 0 Å². The zero-order valence-corrected chi connectivity index (χ0v) is 23.5. The van der Waals surface area contributed by atoms with Gasteiger partial charge in [0.25, 0.3) is 0 Å². The molecule has 4 rings (SSSR count). The highest BCUT2D eigenvalue weighted by Crippen LogP contribution is 2.72. The third-order valence-corrected chi connectivity index (χ3v) is 10.4. The lowest BCUT2D eigenvalue weighted by Gasteiger charge is -2.40. The number of fused-ring (bicyclic) bond motifs is 1. The Kier molecular flexibility index (Phi) is 8.43. The maximum atomic E-state index is 14.5. The van der Waals surface area contributed by atoms with Crippen molar-refractivity contribution in [2.24, 2.45) is 17.8 Å². The van der Waals surface area contributed by atoms with Gasteiger partial charge in [-0.15, -0.1) is 24.9 Å². The van der Waals surface area contributed by atoms with Crippen LogP contribution in [-0.2, 0) is 25.7 Å². The lowest BCUT2D eigenvalue weighted by atomic mass is 9.66. The minimum absolute atomic E-state index is 0.0766. The van der Waals surface area contributed by atoms with Gasteiger partial charge >= 0.3 is 5.97 Å². The first-order valence-electron chi connectivity index (χ1n) is 13.5. The van der Waals surface area contributed by atoms with Crippen LogP contribution in [0, 0.1) is 17.8 Å². The number of aliphatic hydroxyl groups is 1. The van der Waals surface area contributed by atoms with E-state index in [4.69, 9.17) is 4.74 Å². The Labute approximate surface area is 230 Å². The van der Waals surface area contributed by atoms with Gasteiger partial charge in [-0.1, -0.05) is 56.3 Å². The maximum Gasteiger partial charge on any atom is 0.311 e. The smallest absolute Gasteiger partial charge is 0.311 e. The van der Waals surface area contributed by atoms with E-state index in [0.717, 1.165) is 5.56 Å². The molecule has 0 aromatic heterocycles. The van der Waals surface area contributed by atoms with Gasteiger partial charge in [0.1, 0.15) is 6.04 Å². The number of nitrogens with zero attached hydrogens (tertiary/aromatic N) is 2. The van der Waals surface area contributed by atoms with Crippen molar-refractivity contribution in [3.05, 3.63) is 61.2 Å². The molecule has 6 atom stereocenters. The number of carbonyl (C=O) groups is 3.